The molecule has 0 aliphatic rings. The predicted octanol–water partition coefficient (Wildman–Crippen LogP) is 4.50. The van der Waals surface area contributed by atoms with E-state index in [4.69, 9.17) is 17.0 Å². The van der Waals surface area contributed by atoms with E-state index in [1.807, 2.05) is 37.3 Å². The van der Waals surface area contributed by atoms with E-state index in [1.54, 1.807) is 30.3 Å². The predicted molar refractivity (Wildman–Crippen MR) is 141 cm³/mol. The van der Waals surface area contributed by atoms with Crippen molar-refractivity contribution in [2.75, 3.05) is 18.5 Å². The lowest BCUT2D eigenvalue weighted by atomic mass is 10.2. The zero-order valence-corrected chi connectivity index (χ0v) is 21.6. The van der Waals surface area contributed by atoms with Gasteiger partial charge in [0, 0.05) is 16.7 Å². The molecule has 0 fully saturated rings. The van der Waals surface area contributed by atoms with Crippen LogP contribution in [0.2, 0.25) is 0 Å². The second-order valence-electron chi connectivity index (χ2n) is 7.14. The highest BCUT2D eigenvalue weighted by Crippen LogP contribution is 2.23. The van der Waals surface area contributed by atoms with Gasteiger partial charge >= 0.3 is 0 Å². The maximum Gasteiger partial charge on any atom is 0.261 e. The molecular formula is C24H24BrN3O4S2. The maximum absolute atomic E-state index is 12.7. The molecule has 0 atom stereocenters. The Hall–Kier alpha value is -2.79. The van der Waals surface area contributed by atoms with Crippen molar-refractivity contribution in [3.8, 4) is 5.75 Å². The summed E-state index contributed by atoms with van der Waals surface area (Å²) < 4.78 is 33.9. The number of carbonyl (C=O) groups excluding carboxylic acids is 1. The number of hydrogen-bond donors (Lipinski definition) is 3. The molecule has 34 heavy (non-hydrogen) atoms. The molecule has 10 heteroatoms. The standard InChI is InChI=1S/C24H24BrN3O4S2/c1-2-32-22-13-8-18(25)16-21(22)23(29)28-24(33)27-19-9-11-20(12-10-19)34(30,31)26-15-14-17-6-4-3-5-7-17/h3-13,16,26H,2,14-15H2,1H3,(H2,27,28,29,33). The molecule has 0 bridgehead atoms. The number of amides is 1. The Morgan fingerprint density at radius 2 is 1.74 bits per heavy atom. The Bertz CT molecular complexity index is 1250. The van der Waals surface area contributed by atoms with Gasteiger partial charge in [-0.15, -0.1) is 0 Å². The zero-order valence-electron chi connectivity index (χ0n) is 18.4. The first kappa shape index (κ1) is 25.8. The highest BCUT2D eigenvalue weighted by molar-refractivity contribution is 9.10. The van der Waals surface area contributed by atoms with E-state index in [2.05, 4.69) is 31.3 Å². The number of rotatable bonds is 9. The lowest BCUT2D eigenvalue weighted by Gasteiger charge is -2.13. The average molecular weight is 563 g/mol. The number of halogens is 1. The summed E-state index contributed by atoms with van der Waals surface area (Å²) in [4.78, 5) is 12.8. The third-order valence-electron chi connectivity index (χ3n) is 4.68. The van der Waals surface area contributed by atoms with Crippen LogP contribution in [0.15, 0.2) is 82.2 Å². The number of nitrogens with one attached hydrogen (secondary N) is 3. The molecule has 1 amide bonds. The number of anilines is 1. The molecule has 3 N–H and O–H groups in total. The minimum atomic E-state index is -3.64. The molecule has 7 nitrogen and oxygen atoms in total. The fourth-order valence-corrected chi connectivity index (χ4v) is 4.67. The summed E-state index contributed by atoms with van der Waals surface area (Å²) in [5, 5.41) is 5.57. The zero-order chi connectivity index (χ0) is 24.6. The molecule has 0 saturated carbocycles. The van der Waals surface area contributed by atoms with Crippen molar-refractivity contribution in [2.45, 2.75) is 18.2 Å². The van der Waals surface area contributed by atoms with Gasteiger partial charge in [0.25, 0.3) is 5.91 Å². The van der Waals surface area contributed by atoms with Crippen LogP contribution in [0, 0.1) is 0 Å². The number of carbonyl (C=O) groups is 1. The lowest BCUT2D eigenvalue weighted by molar-refractivity contribution is 0.0974. The Balaban J connectivity index is 1.57. The molecule has 0 spiro atoms. The smallest absolute Gasteiger partial charge is 0.261 e. The summed E-state index contributed by atoms with van der Waals surface area (Å²) >= 11 is 8.58. The molecule has 3 aromatic rings. The van der Waals surface area contributed by atoms with Gasteiger partial charge in [-0.25, -0.2) is 13.1 Å². The van der Waals surface area contributed by atoms with Crippen LogP contribution in [0.5, 0.6) is 5.75 Å². The molecule has 0 unspecified atom stereocenters. The van der Waals surface area contributed by atoms with Gasteiger partial charge in [-0.05, 0) is 73.6 Å². The van der Waals surface area contributed by atoms with Crippen molar-refractivity contribution in [1.29, 1.82) is 0 Å². The van der Waals surface area contributed by atoms with E-state index >= 15 is 0 Å². The Morgan fingerprint density at radius 1 is 1.03 bits per heavy atom. The van der Waals surface area contributed by atoms with E-state index in [1.165, 1.54) is 12.1 Å². The van der Waals surface area contributed by atoms with E-state index in [-0.39, 0.29) is 10.0 Å². The van der Waals surface area contributed by atoms with E-state index in [0.717, 1.165) is 10.0 Å². The first-order chi connectivity index (χ1) is 16.3. The van der Waals surface area contributed by atoms with Crippen LogP contribution in [-0.2, 0) is 16.4 Å². The molecule has 0 saturated heterocycles. The van der Waals surface area contributed by atoms with Crippen molar-refractivity contribution < 1.29 is 17.9 Å². The first-order valence-corrected chi connectivity index (χ1v) is 13.2. The Labute approximate surface area is 213 Å². The summed E-state index contributed by atoms with van der Waals surface area (Å²) in [6, 6.07) is 20.9. The number of thiocarbonyl (C=S) groups is 1. The van der Waals surface area contributed by atoms with Gasteiger partial charge in [-0.3, -0.25) is 10.1 Å². The maximum atomic E-state index is 12.7. The van der Waals surface area contributed by atoms with Crippen molar-refractivity contribution in [3.63, 3.8) is 0 Å². The monoisotopic (exact) mass is 561 g/mol. The third kappa shape index (κ3) is 7.36. The quantitative estimate of drug-likeness (QED) is 0.333. The van der Waals surface area contributed by atoms with Gasteiger partial charge in [-0.1, -0.05) is 46.3 Å². The molecule has 0 aromatic heterocycles. The van der Waals surface area contributed by atoms with E-state index in [9.17, 15) is 13.2 Å². The van der Waals surface area contributed by atoms with E-state index in [0.29, 0.717) is 36.6 Å². The van der Waals surface area contributed by atoms with Gasteiger partial charge in [0.2, 0.25) is 10.0 Å². The van der Waals surface area contributed by atoms with Crippen molar-refractivity contribution in [1.82, 2.24) is 10.0 Å². The molecule has 0 heterocycles. The fourth-order valence-electron chi connectivity index (χ4n) is 3.07. The van der Waals surface area contributed by atoms with Crippen molar-refractivity contribution in [3.05, 3.63) is 88.4 Å². The molecule has 178 valence electrons. The van der Waals surface area contributed by atoms with Crippen LogP contribution in [0.3, 0.4) is 0 Å². The minimum absolute atomic E-state index is 0.0732. The largest absolute Gasteiger partial charge is 0.493 e. The van der Waals surface area contributed by atoms with Crippen molar-refractivity contribution in [2.24, 2.45) is 0 Å². The van der Waals surface area contributed by atoms with Gasteiger partial charge in [0.05, 0.1) is 17.1 Å². The Morgan fingerprint density at radius 3 is 2.41 bits per heavy atom. The molecule has 3 aromatic carbocycles. The van der Waals surface area contributed by atoms with Crippen molar-refractivity contribution >= 4 is 54.9 Å². The number of ether oxygens (including phenoxy) is 1. The lowest BCUT2D eigenvalue weighted by Crippen LogP contribution is -2.34. The van der Waals surface area contributed by atoms with Crippen LogP contribution >= 0.6 is 28.1 Å². The molecular weight excluding hydrogens is 538 g/mol. The second-order valence-corrected chi connectivity index (χ2v) is 10.2. The summed E-state index contributed by atoms with van der Waals surface area (Å²) in [6.45, 7) is 2.54. The van der Waals surface area contributed by atoms with Crippen LogP contribution in [0.1, 0.15) is 22.8 Å². The molecule has 0 radical (unpaired) electrons. The normalized spacial score (nSPS) is 11.0. The summed E-state index contributed by atoms with van der Waals surface area (Å²) in [7, 11) is -3.64. The molecule has 3 rings (SSSR count). The highest BCUT2D eigenvalue weighted by atomic mass is 79.9. The van der Waals surface area contributed by atoms with Crippen LogP contribution in [-0.4, -0.2) is 32.6 Å². The average Bonchev–Trinajstić information content (AvgIpc) is 2.81. The highest BCUT2D eigenvalue weighted by Gasteiger charge is 2.16. The second kappa shape index (κ2) is 12.1. The topological polar surface area (TPSA) is 96.5 Å². The fraction of sp³-hybridized carbons (Fsp3) is 0.167. The number of sulfonamides is 1. The van der Waals surface area contributed by atoms with Gasteiger partial charge in [0.1, 0.15) is 5.75 Å². The summed E-state index contributed by atoms with van der Waals surface area (Å²) in [6.07, 6.45) is 0.594. The van der Waals surface area contributed by atoms with Crippen LogP contribution < -0.4 is 20.1 Å². The van der Waals surface area contributed by atoms with Gasteiger partial charge < -0.3 is 10.1 Å². The van der Waals surface area contributed by atoms with Gasteiger partial charge in [-0.2, -0.15) is 0 Å². The number of benzene rings is 3. The van der Waals surface area contributed by atoms with E-state index < -0.39 is 15.9 Å². The summed E-state index contributed by atoms with van der Waals surface area (Å²) in [5.74, 6) is 0.0180. The molecule has 0 aliphatic carbocycles. The third-order valence-corrected chi connectivity index (χ3v) is 6.86. The van der Waals surface area contributed by atoms with Gasteiger partial charge in [0.15, 0.2) is 5.11 Å². The molecule has 0 aliphatic heterocycles. The Kier molecular flexibility index (Phi) is 9.17. The number of hydrogen-bond acceptors (Lipinski definition) is 5. The SMILES string of the molecule is CCOc1ccc(Br)cc1C(=O)NC(=S)Nc1ccc(S(=O)(=O)NCCc2ccccc2)cc1. The van der Waals surface area contributed by atoms with Crippen LogP contribution in [0.25, 0.3) is 0 Å². The minimum Gasteiger partial charge on any atom is -0.493 e. The summed E-state index contributed by atoms with van der Waals surface area (Å²) in [5.41, 5.74) is 1.92. The first-order valence-electron chi connectivity index (χ1n) is 10.5. The van der Waals surface area contributed by atoms with Crippen LogP contribution in [0.4, 0.5) is 5.69 Å².